The molecule has 5 heteroatoms. The molecule has 0 aliphatic carbocycles. The van der Waals surface area contributed by atoms with Gasteiger partial charge in [-0.1, -0.05) is 45.9 Å². The molecule has 0 aliphatic heterocycles. The van der Waals surface area contributed by atoms with E-state index >= 15 is 0 Å². The monoisotopic (exact) mass is 344 g/mol. The predicted molar refractivity (Wildman–Crippen MR) is 98.0 cm³/mol. The van der Waals surface area contributed by atoms with Crippen molar-refractivity contribution in [2.45, 2.75) is 45.4 Å². The molecule has 0 amide bonds. The molecular weight excluding hydrogens is 319 g/mol. The van der Waals surface area contributed by atoms with Crippen LogP contribution >= 0.6 is 0 Å². The number of benzene rings is 2. The zero-order valence-electron chi connectivity index (χ0n) is 13.6. The second-order valence-corrected chi connectivity index (χ2v) is 8.19. The Labute approximate surface area is 161 Å². The van der Waals surface area contributed by atoms with E-state index in [9.17, 15) is 13.0 Å². The minimum atomic E-state index is -4.20. The van der Waals surface area contributed by atoms with Gasteiger partial charge in [0.1, 0.15) is 0 Å². The first-order valence-electron chi connectivity index (χ1n) is 7.70. The Bertz CT molecular complexity index is 780. The Morgan fingerprint density at radius 1 is 0.913 bits per heavy atom. The van der Waals surface area contributed by atoms with Gasteiger partial charge in [-0.05, 0) is 58.7 Å². The van der Waals surface area contributed by atoms with E-state index in [0.29, 0.717) is 11.8 Å². The van der Waals surface area contributed by atoms with Gasteiger partial charge in [-0.15, -0.1) is 0 Å². The maximum atomic E-state index is 11.6. The van der Waals surface area contributed by atoms with Gasteiger partial charge in [0.2, 0.25) is 0 Å². The summed E-state index contributed by atoms with van der Waals surface area (Å²) in [5.41, 5.74) is 2.11. The van der Waals surface area contributed by atoms with E-state index in [2.05, 4.69) is 27.7 Å². The molecule has 0 unspecified atom stereocenters. The summed E-state index contributed by atoms with van der Waals surface area (Å²) in [4.78, 5) is -0.00754. The Morgan fingerprint density at radius 2 is 1.48 bits per heavy atom. The van der Waals surface area contributed by atoms with Gasteiger partial charge in [0.25, 0.3) is 10.1 Å². The van der Waals surface area contributed by atoms with E-state index in [1.54, 1.807) is 12.1 Å². The van der Waals surface area contributed by atoms with Gasteiger partial charge in [0.05, 0.1) is 4.90 Å². The Morgan fingerprint density at radius 3 is 2.00 bits per heavy atom. The quantitative estimate of drug-likeness (QED) is 0.662. The summed E-state index contributed by atoms with van der Waals surface area (Å²) in [7, 11) is -4.20. The van der Waals surface area contributed by atoms with Crippen molar-refractivity contribution in [2.75, 3.05) is 0 Å². The van der Waals surface area contributed by atoms with Crippen LogP contribution in [0.4, 0.5) is 0 Å². The first kappa shape index (κ1) is 20.7. The molecule has 0 spiro atoms. The van der Waals surface area contributed by atoms with Crippen LogP contribution < -0.4 is 0 Å². The second kappa shape index (κ2) is 8.13. The van der Waals surface area contributed by atoms with Crippen LogP contribution in [0.1, 0.15) is 38.8 Å². The third-order valence-corrected chi connectivity index (χ3v) is 4.53. The van der Waals surface area contributed by atoms with E-state index in [0.717, 1.165) is 34.7 Å². The van der Waals surface area contributed by atoms with Gasteiger partial charge < -0.3 is 0 Å². The number of hydrogen-bond acceptors (Lipinski definition) is 2. The van der Waals surface area contributed by atoms with Crippen LogP contribution in [0, 0.1) is 11.8 Å². The van der Waals surface area contributed by atoms with Gasteiger partial charge in [0.15, 0.2) is 0 Å². The Kier molecular flexibility index (Phi) is 7.30. The van der Waals surface area contributed by atoms with E-state index in [1.165, 1.54) is 0 Å². The average molecular weight is 344 g/mol. The molecule has 3 nitrogen and oxygen atoms in total. The summed E-state index contributed by atoms with van der Waals surface area (Å²) in [5, 5.41) is 2.02. The Hall–Kier alpha value is -0.390. The first-order chi connectivity index (χ1) is 10.2. The molecule has 2 aromatic carbocycles. The third-order valence-electron chi connectivity index (χ3n) is 3.70. The summed E-state index contributed by atoms with van der Waals surface area (Å²) < 4.78 is 32.7. The fourth-order valence-corrected chi connectivity index (χ4v) is 3.43. The molecule has 0 atom stereocenters. The van der Waals surface area contributed by atoms with Crippen molar-refractivity contribution in [1.29, 1.82) is 0 Å². The molecular formula is C18H25NaO3S. The number of rotatable bonds is 5. The second-order valence-electron chi connectivity index (χ2n) is 6.77. The molecule has 0 saturated heterocycles. The average Bonchev–Trinajstić information content (AvgIpc) is 2.37. The molecule has 0 bridgehead atoms. The van der Waals surface area contributed by atoms with Crippen LogP contribution in [0.5, 0.6) is 0 Å². The van der Waals surface area contributed by atoms with Crippen LogP contribution in [-0.2, 0) is 23.0 Å². The molecule has 1 N–H and O–H groups in total. The van der Waals surface area contributed by atoms with E-state index < -0.39 is 10.1 Å². The topological polar surface area (TPSA) is 54.4 Å². The molecule has 0 heterocycles. The van der Waals surface area contributed by atoms with Crippen LogP contribution in [0.2, 0.25) is 0 Å². The van der Waals surface area contributed by atoms with E-state index in [1.807, 2.05) is 18.2 Å². The molecule has 0 aliphatic rings. The van der Waals surface area contributed by atoms with E-state index in [4.69, 9.17) is 0 Å². The fraction of sp³-hybridized carbons (Fsp3) is 0.444. The zero-order chi connectivity index (χ0) is 16.5. The van der Waals surface area contributed by atoms with Gasteiger partial charge in [-0.2, -0.15) is 8.42 Å². The SMILES string of the molecule is CC(C)Cc1cc(S(=O)(=O)O)cc2c(CC(C)C)cccc12.[NaH]. The molecule has 0 radical (unpaired) electrons. The van der Waals surface area contributed by atoms with Crippen molar-refractivity contribution in [1.82, 2.24) is 0 Å². The predicted octanol–water partition coefficient (Wildman–Crippen LogP) is 3.84. The summed E-state index contributed by atoms with van der Waals surface area (Å²) in [5.74, 6) is 0.891. The first-order valence-corrected chi connectivity index (χ1v) is 9.14. The fourth-order valence-electron chi connectivity index (χ4n) is 2.87. The third kappa shape index (κ3) is 5.30. The van der Waals surface area contributed by atoms with Gasteiger partial charge in [-0.3, -0.25) is 4.55 Å². The standard InChI is InChI=1S/C18H24O3S.Na.H/c1-12(2)8-14-6-5-7-17-15(9-13(3)4)10-16(11-18(14)17)22(19,20)21;;/h5-7,10-13H,8-9H2,1-4H3,(H,19,20,21);;. The van der Waals surface area contributed by atoms with Crippen molar-refractivity contribution in [3.8, 4) is 0 Å². The molecule has 0 saturated carbocycles. The van der Waals surface area contributed by atoms with Gasteiger partial charge in [-0.25, -0.2) is 0 Å². The van der Waals surface area contributed by atoms with Gasteiger partial charge >= 0.3 is 29.6 Å². The zero-order valence-corrected chi connectivity index (χ0v) is 14.4. The maximum absolute atomic E-state index is 11.6. The van der Waals surface area contributed by atoms with Crippen molar-refractivity contribution in [2.24, 2.45) is 11.8 Å². The van der Waals surface area contributed by atoms with Crippen molar-refractivity contribution < 1.29 is 13.0 Å². The van der Waals surface area contributed by atoms with Crippen molar-refractivity contribution in [3.05, 3.63) is 41.5 Å². The molecule has 2 rings (SSSR count). The molecule has 23 heavy (non-hydrogen) atoms. The van der Waals surface area contributed by atoms with Gasteiger partial charge in [0, 0.05) is 0 Å². The molecule has 2 aromatic rings. The van der Waals surface area contributed by atoms with Crippen molar-refractivity contribution >= 4 is 50.4 Å². The van der Waals surface area contributed by atoms with Crippen LogP contribution in [0.15, 0.2) is 35.2 Å². The normalized spacial score (nSPS) is 12.0. The van der Waals surface area contributed by atoms with Crippen molar-refractivity contribution in [3.63, 3.8) is 0 Å². The van der Waals surface area contributed by atoms with Crippen LogP contribution in [0.25, 0.3) is 10.8 Å². The molecule has 0 fully saturated rings. The molecule has 122 valence electrons. The minimum absolute atomic E-state index is 0. The summed E-state index contributed by atoms with van der Waals surface area (Å²) in [6.45, 7) is 8.48. The summed E-state index contributed by atoms with van der Waals surface area (Å²) in [6.07, 6.45) is 1.67. The van der Waals surface area contributed by atoms with Crippen LogP contribution in [0.3, 0.4) is 0 Å². The summed E-state index contributed by atoms with van der Waals surface area (Å²) >= 11 is 0. The van der Waals surface area contributed by atoms with Crippen LogP contribution in [-0.4, -0.2) is 42.5 Å². The Balaban J connectivity index is 0.00000264. The number of hydrogen-bond donors (Lipinski definition) is 1. The van der Waals surface area contributed by atoms with E-state index in [-0.39, 0.29) is 34.5 Å². The number of fused-ring (bicyclic) bond motifs is 1. The summed E-state index contributed by atoms with van der Waals surface area (Å²) in [6, 6.07) is 9.31. The molecule has 0 aromatic heterocycles.